The molecule has 13 nitrogen and oxygen atoms in total. The Labute approximate surface area is 194 Å². The number of hydrazine groups is 1. The van der Waals surface area contributed by atoms with Crippen molar-refractivity contribution in [1.29, 1.82) is 0 Å². The van der Waals surface area contributed by atoms with Gasteiger partial charge in [-0.2, -0.15) is 0 Å². The van der Waals surface area contributed by atoms with Gasteiger partial charge in [-0.15, -0.1) is 0 Å². The molecular weight excluding hydrogens is 448 g/mol. The number of nitrogens with zero attached hydrogens (tertiary/aromatic N) is 1. The highest BCUT2D eigenvalue weighted by Crippen LogP contribution is 2.04. The number of hydrogen-bond acceptors (Lipinski definition) is 8. The Kier molecular flexibility index (Phi) is 9.86. The molecule has 0 spiro atoms. The fourth-order valence-corrected chi connectivity index (χ4v) is 2.83. The zero-order chi connectivity index (χ0) is 25.1. The van der Waals surface area contributed by atoms with Gasteiger partial charge < -0.3 is 26.4 Å². The Morgan fingerprint density at radius 2 is 1.44 bits per heavy atom. The maximum atomic E-state index is 12.6. The van der Waals surface area contributed by atoms with Crippen molar-refractivity contribution in [3.8, 4) is 0 Å². The van der Waals surface area contributed by atoms with Gasteiger partial charge in [0.1, 0.15) is 12.3 Å². The first-order chi connectivity index (χ1) is 16.2. The Morgan fingerprint density at radius 1 is 0.853 bits per heavy atom. The third kappa shape index (κ3) is 8.80. The van der Waals surface area contributed by atoms with Gasteiger partial charge in [0, 0.05) is 18.6 Å². The first-order valence-corrected chi connectivity index (χ1v) is 10.3. The maximum Gasteiger partial charge on any atom is 0.268 e. The summed E-state index contributed by atoms with van der Waals surface area (Å²) in [6.45, 7) is 0.0380. The van der Waals surface area contributed by atoms with Gasteiger partial charge in [-0.3, -0.25) is 28.8 Å². The van der Waals surface area contributed by atoms with E-state index in [1.165, 1.54) is 6.92 Å². The fraction of sp³-hybridized carbons (Fsp3) is 0.333. The summed E-state index contributed by atoms with van der Waals surface area (Å²) in [6.07, 6.45) is 1.14. The number of rotatable bonds is 12. The fourth-order valence-electron chi connectivity index (χ4n) is 2.83. The van der Waals surface area contributed by atoms with Crippen molar-refractivity contribution in [2.24, 2.45) is 0 Å². The van der Waals surface area contributed by atoms with E-state index in [0.29, 0.717) is 5.01 Å². The molecule has 0 radical (unpaired) electrons. The summed E-state index contributed by atoms with van der Waals surface area (Å²) in [6, 6.07) is 7.79. The van der Waals surface area contributed by atoms with Crippen LogP contribution in [0.4, 0.5) is 0 Å². The van der Waals surface area contributed by atoms with E-state index in [2.05, 4.69) is 26.7 Å². The van der Waals surface area contributed by atoms with Crippen LogP contribution in [0.2, 0.25) is 0 Å². The number of amides is 6. The van der Waals surface area contributed by atoms with Crippen LogP contribution in [0.3, 0.4) is 0 Å². The predicted molar refractivity (Wildman–Crippen MR) is 117 cm³/mol. The highest BCUT2D eigenvalue weighted by molar-refractivity contribution is 6.12. The third-order valence-electron chi connectivity index (χ3n) is 4.38. The minimum absolute atomic E-state index is 0.123. The first kappa shape index (κ1) is 26.2. The van der Waals surface area contributed by atoms with Gasteiger partial charge in [0.25, 0.3) is 11.8 Å². The molecule has 0 saturated carbocycles. The second-order valence-corrected chi connectivity index (χ2v) is 7.23. The van der Waals surface area contributed by atoms with Gasteiger partial charge in [0.05, 0.1) is 19.6 Å². The second-order valence-electron chi connectivity index (χ2n) is 7.23. The first-order valence-electron chi connectivity index (χ1n) is 10.3. The van der Waals surface area contributed by atoms with Gasteiger partial charge in [-0.25, -0.2) is 10.4 Å². The molecule has 2 atom stereocenters. The van der Waals surface area contributed by atoms with Crippen molar-refractivity contribution in [2.75, 3.05) is 19.6 Å². The molecule has 0 fully saturated rings. The van der Waals surface area contributed by atoms with Gasteiger partial charge in [-0.1, -0.05) is 30.3 Å². The molecule has 1 aliphatic heterocycles. The summed E-state index contributed by atoms with van der Waals surface area (Å²) in [5, 5.41) is 19.2. The van der Waals surface area contributed by atoms with E-state index < -0.39 is 67.3 Å². The van der Waals surface area contributed by atoms with E-state index in [0.717, 1.165) is 17.7 Å². The van der Waals surface area contributed by atoms with Crippen LogP contribution in [-0.4, -0.2) is 77.5 Å². The molecule has 0 bridgehead atoms. The zero-order valence-electron chi connectivity index (χ0n) is 18.4. The molecule has 182 valence electrons. The zero-order valence-corrected chi connectivity index (χ0v) is 18.4. The van der Waals surface area contributed by atoms with Crippen molar-refractivity contribution in [1.82, 2.24) is 31.7 Å². The van der Waals surface area contributed by atoms with E-state index >= 15 is 0 Å². The molecule has 13 heteroatoms. The van der Waals surface area contributed by atoms with Crippen molar-refractivity contribution in [3.05, 3.63) is 48.0 Å². The van der Waals surface area contributed by atoms with Crippen LogP contribution in [0, 0.1) is 0 Å². The van der Waals surface area contributed by atoms with Crippen LogP contribution in [0.1, 0.15) is 12.5 Å². The lowest BCUT2D eigenvalue weighted by Gasteiger charge is -2.19. The molecule has 6 amide bonds. The molecule has 34 heavy (non-hydrogen) atoms. The van der Waals surface area contributed by atoms with Gasteiger partial charge in [-0.05, 0) is 12.5 Å². The van der Waals surface area contributed by atoms with E-state index in [1.54, 1.807) is 30.3 Å². The predicted octanol–water partition coefficient (Wildman–Crippen LogP) is -3.17. The molecular formula is C21H26N6O7. The minimum atomic E-state index is -1.08. The summed E-state index contributed by atoms with van der Waals surface area (Å²) >= 11 is 0. The normalized spacial score (nSPS) is 14.4. The third-order valence-corrected chi connectivity index (χ3v) is 4.38. The lowest BCUT2D eigenvalue weighted by molar-refractivity contribution is -0.141. The second kappa shape index (κ2) is 12.8. The highest BCUT2D eigenvalue weighted by atomic mass is 16.3. The van der Waals surface area contributed by atoms with Gasteiger partial charge >= 0.3 is 0 Å². The molecule has 1 heterocycles. The molecule has 1 aromatic carbocycles. The van der Waals surface area contributed by atoms with Gasteiger partial charge in [0.15, 0.2) is 0 Å². The average Bonchev–Trinajstić information content (AvgIpc) is 3.11. The molecule has 2 rings (SSSR count). The number of nitrogens with one attached hydrogen (secondary N) is 5. The van der Waals surface area contributed by atoms with Crippen molar-refractivity contribution in [3.63, 3.8) is 0 Å². The molecule has 1 aliphatic rings. The summed E-state index contributed by atoms with van der Waals surface area (Å²) in [5.41, 5.74) is 3.09. The van der Waals surface area contributed by atoms with Crippen LogP contribution < -0.4 is 26.7 Å². The number of carbonyl (C=O) groups is 6. The number of imide groups is 1. The quantitative estimate of drug-likeness (QED) is 0.135. The summed E-state index contributed by atoms with van der Waals surface area (Å²) < 4.78 is 0. The molecule has 2 unspecified atom stereocenters. The lowest BCUT2D eigenvalue weighted by atomic mass is 10.1. The molecule has 0 saturated heterocycles. The minimum Gasteiger partial charge on any atom is -0.374 e. The van der Waals surface area contributed by atoms with Gasteiger partial charge in [0.2, 0.25) is 23.6 Å². The number of hydrogen-bond donors (Lipinski definition) is 6. The standard InChI is InChI=1S/C21H26N6O7/c1-13(28)25-17(30)11-23-21(34)15(9-14-5-3-2-4-6-14)26-18(31)10-22-16(29)12-24-27-19(32)7-8-20(27)33/h2-8,13,15,24,28H,9-12H2,1H3,(H,22,29)(H,23,34)(H,25,30)(H,26,31). The number of carbonyl (C=O) groups excluding carboxylic acids is 6. The molecule has 0 aliphatic carbocycles. The van der Waals surface area contributed by atoms with E-state index in [-0.39, 0.29) is 6.42 Å². The maximum absolute atomic E-state index is 12.6. The molecule has 1 aromatic rings. The molecule has 6 N–H and O–H groups in total. The number of aliphatic hydroxyl groups is 1. The van der Waals surface area contributed by atoms with Crippen molar-refractivity contribution in [2.45, 2.75) is 25.6 Å². The van der Waals surface area contributed by atoms with Crippen LogP contribution in [0.5, 0.6) is 0 Å². The summed E-state index contributed by atoms with van der Waals surface area (Å²) in [7, 11) is 0. The van der Waals surface area contributed by atoms with Crippen LogP contribution in [-0.2, 0) is 35.2 Å². The molecule has 0 aromatic heterocycles. The van der Waals surface area contributed by atoms with E-state index in [9.17, 15) is 28.8 Å². The van der Waals surface area contributed by atoms with Crippen LogP contribution in [0.25, 0.3) is 0 Å². The van der Waals surface area contributed by atoms with E-state index in [4.69, 9.17) is 5.11 Å². The summed E-state index contributed by atoms with van der Waals surface area (Å²) in [5.74, 6) is -3.82. The number of aliphatic hydroxyl groups excluding tert-OH is 1. The van der Waals surface area contributed by atoms with Crippen LogP contribution >= 0.6 is 0 Å². The Balaban J connectivity index is 1.86. The lowest BCUT2D eigenvalue weighted by Crippen LogP contribution is -2.53. The van der Waals surface area contributed by atoms with E-state index in [1.807, 2.05) is 0 Å². The Hall–Kier alpha value is -4.10. The highest BCUT2D eigenvalue weighted by Gasteiger charge is 2.24. The topological polar surface area (TPSA) is 186 Å². The smallest absolute Gasteiger partial charge is 0.268 e. The van der Waals surface area contributed by atoms with Crippen molar-refractivity contribution >= 4 is 35.4 Å². The monoisotopic (exact) mass is 474 g/mol. The average molecular weight is 474 g/mol. The Bertz CT molecular complexity index is 946. The largest absolute Gasteiger partial charge is 0.374 e. The SMILES string of the molecule is CC(O)NC(=O)CNC(=O)C(Cc1ccccc1)NC(=O)CNC(=O)CNN1C(=O)C=CC1=O. The van der Waals surface area contributed by atoms with Crippen LogP contribution in [0.15, 0.2) is 42.5 Å². The summed E-state index contributed by atoms with van der Waals surface area (Å²) in [4.78, 5) is 71.4. The Morgan fingerprint density at radius 3 is 2.06 bits per heavy atom. The number of benzene rings is 1. The van der Waals surface area contributed by atoms with Crippen molar-refractivity contribution < 1.29 is 33.9 Å².